The molecule has 1 heterocycles. The van der Waals surface area contributed by atoms with Crippen LogP contribution in [0, 0.1) is 5.82 Å². The van der Waals surface area contributed by atoms with Gasteiger partial charge in [0.25, 0.3) is 5.91 Å². The Morgan fingerprint density at radius 2 is 1.97 bits per heavy atom. The molecule has 1 amide bonds. The van der Waals surface area contributed by atoms with E-state index in [0.717, 1.165) is 28.9 Å². The first kappa shape index (κ1) is 26.5. The van der Waals surface area contributed by atoms with E-state index in [1.54, 1.807) is 0 Å². The molecule has 5 nitrogen and oxygen atoms in total. The highest BCUT2D eigenvalue weighted by Gasteiger charge is 2.23. The molecule has 0 radical (unpaired) electrons. The lowest BCUT2D eigenvalue weighted by atomic mass is 9.89. The van der Waals surface area contributed by atoms with Gasteiger partial charge in [0.2, 0.25) is 0 Å². The minimum absolute atomic E-state index is 0.0464. The van der Waals surface area contributed by atoms with Crippen molar-refractivity contribution in [2.75, 3.05) is 0 Å². The summed E-state index contributed by atoms with van der Waals surface area (Å²) < 4.78 is 48.5. The Kier molecular flexibility index (Phi) is 9.04. The largest absolute Gasteiger partial charge is 0.435 e. The van der Waals surface area contributed by atoms with Gasteiger partial charge in [-0.15, -0.1) is 11.3 Å². The van der Waals surface area contributed by atoms with Crippen molar-refractivity contribution in [2.45, 2.75) is 76.2 Å². The predicted octanol–water partition coefficient (Wildman–Crippen LogP) is 5.60. The lowest BCUT2D eigenvalue weighted by Crippen LogP contribution is -2.13. The standard InChI is InChI=1S/C22H29F3N2O3S2/c1-6-7-13-8-14(30-21(24)25)9-15(12(2)3)16(13)10-19(28)27-32(26)20-17(23)11-18(31-20)22(4,5)29/h8-9,11-12,21,29H,6-7,10H2,1-5H3,(H2,26,27,28). The molecule has 0 saturated heterocycles. The Morgan fingerprint density at radius 3 is 2.47 bits per heavy atom. The van der Waals surface area contributed by atoms with E-state index in [9.17, 15) is 23.1 Å². The van der Waals surface area contributed by atoms with Gasteiger partial charge < -0.3 is 9.84 Å². The third kappa shape index (κ3) is 6.87. The van der Waals surface area contributed by atoms with Crippen LogP contribution in [0.25, 0.3) is 0 Å². The minimum atomic E-state index is -2.94. The van der Waals surface area contributed by atoms with Crippen molar-refractivity contribution in [3.63, 3.8) is 0 Å². The molecule has 0 aliphatic rings. The number of alkyl halides is 2. The fraction of sp³-hybridized carbons (Fsp3) is 0.500. The van der Waals surface area contributed by atoms with Crippen LogP contribution in [-0.4, -0.2) is 17.6 Å². The summed E-state index contributed by atoms with van der Waals surface area (Å²) >= 11 is 0.979. The highest BCUT2D eigenvalue weighted by atomic mass is 32.2. The van der Waals surface area contributed by atoms with Gasteiger partial charge in [-0.2, -0.15) is 13.1 Å². The van der Waals surface area contributed by atoms with E-state index < -0.39 is 34.8 Å². The number of thiophene rings is 1. The number of carbonyl (C=O) groups excluding carboxylic acids is 1. The summed E-state index contributed by atoms with van der Waals surface area (Å²) in [4.78, 5) is 13.1. The number of carbonyl (C=O) groups is 1. The lowest BCUT2D eigenvalue weighted by Gasteiger charge is -2.19. The number of aliphatic hydroxyl groups is 1. The van der Waals surface area contributed by atoms with Crippen LogP contribution in [0.5, 0.6) is 5.75 Å². The number of hydrogen-bond acceptors (Lipinski definition) is 4. The maximum Gasteiger partial charge on any atom is 0.387 e. The van der Waals surface area contributed by atoms with Crippen molar-refractivity contribution >= 4 is 28.1 Å². The van der Waals surface area contributed by atoms with Gasteiger partial charge in [0, 0.05) is 15.8 Å². The van der Waals surface area contributed by atoms with Gasteiger partial charge in [-0.25, -0.2) is 4.39 Å². The quantitative estimate of drug-likeness (QED) is 0.479. The van der Waals surface area contributed by atoms with Crippen LogP contribution in [0.3, 0.4) is 0 Å². The van der Waals surface area contributed by atoms with E-state index in [0.29, 0.717) is 16.9 Å². The molecule has 0 bridgehead atoms. The van der Waals surface area contributed by atoms with Crippen molar-refractivity contribution in [1.82, 2.24) is 0 Å². The molecule has 3 N–H and O–H groups in total. The molecule has 2 aromatic rings. The van der Waals surface area contributed by atoms with Gasteiger partial charge in [-0.05, 0) is 61.1 Å². The van der Waals surface area contributed by atoms with Gasteiger partial charge in [0.05, 0.1) is 12.0 Å². The summed E-state index contributed by atoms with van der Waals surface area (Å²) in [5, 5.41) is 16.1. The maximum absolute atomic E-state index is 14.3. The second-order valence-electron chi connectivity index (χ2n) is 8.21. The van der Waals surface area contributed by atoms with Crippen molar-refractivity contribution in [3.8, 4) is 5.75 Å². The van der Waals surface area contributed by atoms with E-state index in [-0.39, 0.29) is 22.3 Å². The van der Waals surface area contributed by atoms with Crippen molar-refractivity contribution in [1.29, 1.82) is 0 Å². The molecular formula is C22H29F3N2O3S2. The van der Waals surface area contributed by atoms with Crippen molar-refractivity contribution in [2.24, 2.45) is 9.50 Å². The SMILES string of the molecule is CCCc1cc(OC(F)F)cc(C(C)C)c1CC(=O)N=S(N)c1sc(C(C)(C)O)cc1F. The van der Waals surface area contributed by atoms with Crippen LogP contribution < -0.4 is 9.88 Å². The summed E-state index contributed by atoms with van der Waals surface area (Å²) in [7, 11) is -1.52. The van der Waals surface area contributed by atoms with Gasteiger partial charge >= 0.3 is 6.61 Å². The predicted molar refractivity (Wildman–Crippen MR) is 122 cm³/mol. The lowest BCUT2D eigenvalue weighted by molar-refractivity contribution is -0.117. The number of amides is 1. The molecule has 1 aromatic heterocycles. The highest BCUT2D eigenvalue weighted by molar-refractivity contribution is 7.87. The summed E-state index contributed by atoms with van der Waals surface area (Å²) in [6, 6.07) is 4.25. The molecule has 1 aromatic carbocycles. The first-order valence-corrected chi connectivity index (χ1v) is 12.3. The molecular weight excluding hydrogens is 461 g/mol. The zero-order chi connectivity index (χ0) is 24.2. The topological polar surface area (TPSA) is 84.9 Å². The Balaban J connectivity index is 2.40. The van der Waals surface area contributed by atoms with Gasteiger partial charge in [-0.3, -0.25) is 9.93 Å². The molecule has 1 unspecified atom stereocenters. The Labute approximate surface area is 193 Å². The third-order valence-corrected chi connectivity index (χ3v) is 7.65. The first-order chi connectivity index (χ1) is 14.8. The molecule has 2 rings (SSSR count). The van der Waals surface area contributed by atoms with Crippen molar-refractivity contribution < 1.29 is 27.8 Å². The number of halogens is 3. The number of rotatable bonds is 9. The van der Waals surface area contributed by atoms with Gasteiger partial charge in [0.15, 0.2) is 0 Å². The second-order valence-corrected chi connectivity index (χ2v) is 10.7. The summed E-state index contributed by atoms with van der Waals surface area (Å²) in [5.74, 6) is -1.14. The smallest absolute Gasteiger partial charge is 0.387 e. The van der Waals surface area contributed by atoms with Crippen LogP contribution in [0.15, 0.2) is 26.8 Å². The van der Waals surface area contributed by atoms with Gasteiger partial charge in [-0.1, -0.05) is 27.2 Å². The number of hydrogen-bond donors (Lipinski definition) is 2. The average molecular weight is 491 g/mol. The molecule has 0 spiro atoms. The van der Waals surface area contributed by atoms with Crippen LogP contribution in [0.1, 0.15) is 68.5 Å². The second kappa shape index (κ2) is 10.9. The molecule has 0 fully saturated rings. The fourth-order valence-electron chi connectivity index (χ4n) is 3.25. The molecule has 0 aliphatic heterocycles. The third-order valence-electron chi connectivity index (χ3n) is 4.69. The fourth-order valence-corrected chi connectivity index (χ4v) is 5.37. The molecule has 0 saturated carbocycles. The van der Waals surface area contributed by atoms with E-state index in [1.807, 2.05) is 20.8 Å². The molecule has 32 heavy (non-hydrogen) atoms. The van der Waals surface area contributed by atoms with Gasteiger partial charge in [0.1, 0.15) is 15.8 Å². The van der Waals surface area contributed by atoms with Crippen molar-refractivity contribution in [3.05, 3.63) is 45.6 Å². The number of ether oxygens (including phenoxy) is 1. The number of nitrogens with two attached hydrogens (primary N) is 1. The monoisotopic (exact) mass is 490 g/mol. The molecule has 178 valence electrons. The molecule has 10 heteroatoms. The van der Waals surface area contributed by atoms with Crippen LogP contribution in [0.4, 0.5) is 13.2 Å². The van der Waals surface area contributed by atoms with E-state index in [1.165, 1.54) is 32.0 Å². The zero-order valence-electron chi connectivity index (χ0n) is 18.7. The van der Waals surface area contributed by atoms with Crippen LogP contribution >= 0.6 is 11.3 Å². The number of benzene rings is 1. The first-order valence-electron chi connectivity index (χ1n) is 10.2. The zero-order valence-corrected chi connectivity index (χ0v) is 20.4. The van der Waals surface area contributed by atoms with E-state index >= 15 is 0 Å². The normalized spacial score (nSPS) is 13.2. The minimum Gasteiger partial charge on any atom is -0.435 e. The maximum atomic E-state index is 14.3. The molecule has 1 atom stereocenters. The highest BCUT2D eigenvalue weighted by Crippen LogP contribution is 2.33. The number of aryl methyl sites for hydroxylation is 1. The molecule has 0 aliphatic carbocycles. The summed E-state index contributed by atoms with van der Waals surface area (Å²) in [6.45, 7) is 5.86. The Hall–Kier alpha value is -1.75. The Morgan fingerprint density at radius 1 is 1.31 bits per heavy atom. The number of nitrogens with zero attached hydrogens (tertiary/aromatic N) is 1. The van der Waals surface area contributed by atoms with Crippen LogP contribution in [0.2, 0.25) is 0 Å². The summed E-state index contributed by atoms with van der Waals surface area (Å²) in [6.07, 6.45) is 1.24. The summed E-state index contributed by atoms with van der Waals surface area (Å²) in [5.41, 5.74) is 0.930. The van der Waals surface area contributed by atoms with E-state index in [2.05, 4.69) is 9.10 Å². The Bertz CT molecular complexity index is 999. The van der Waals surface area contributed by atoms with E-state index in [4.69, 9.17) is 5.14 Å². The van der Waals surface area contributed by atoms with Crippen LogP contribution in [-0.2, 0) is 34.1 Å². The average Bonchev–Trinajstić information content (AvgIpc) is 3.05.